The summed E-state index contributed by atoms with van der Waals surface area (Å²) in [6.45, 7) is 0. The monoisotopic (exact) mass is 311 g/mol. The number of hydrogen-bond acceptors (Lipinski definition) is 7. The number of para-hydroxylation sites is 1. The first kappa shape index (κ1) is 17.4. The van der Waals surface area contributed by atoms with Crippen LogP contribution in [-0.4, -0.2) is 44.5 Å². The molecule has 0 aliphatic rings. The highest BCUT2D eigenvalue weighted by atomic mass is 16.5. The average molecular weight is 311 g/mol. The molecule has 0 spiro atoms. The number of ether oxygens (including phenoxy) is 3. The van der Waals surface area contributed by atoms with E-state index >= 15 is 0 Å². The lowest BCUT2D eigenvalue weighted by Crippen LogP contribution is -2.40. The van der Waals surface area contributed by atoms with Crippen molar-refractivity contribution in [1.29, 1.82) is 0 Å². The molecule has 1 aromatic rings. The number of hydrogen-bond donors (Lipinski definition) is 2. The maximum absolute atomic E-state index is 12.0. The molecule has 0 radical (unpaired) electrons. The summed E-state index contributed by atoms with van der Waals surface area (Å²) in [5.41, 5.74) is -2.22. The van der Waals surface area contributed by atoms with Crippen LogP contribution >= 0.6 is 0 Å². The predicted octanol–water partition coefficient (Wildman–Crippen LogP) is 0.789. The van der Waals surface area contributed by atoms with Gasteiger partial charge in [0.25, 0.3) is 0 Å². The van der Waals surface area contributed by atoms with Gasteiger partial charge in [-0.15, -0.1) is 0 Å². The van der Waals surface area contributed by atoms with Gasteiger partial charge in [-0.2, -0.15) is 0 Å². The van der Waals surface area contributed by atoms with Gasteiger partial charge in [0.05, 0.1) is 33.4 Å². The molecule has 120 valence electrons. The summed E-state index contributed by atoms with van der Waals surface area (Å²) < 4.78 is 13.5. The van der Waals surface area contributed by atoms with Crippen LogP contribution in [0.4, 0.5) is 10.5 Å². The maximum Gasteiger partial charge on any atom is 0.411 e. The number of nitrogens with one attached hydrogen (secondary N) is 1. The minimum atomic E-state index is -2.31. The molecule has 0 aromatic heterocycles. The van der Waals surface area contributed by atoms with Gasteiger partial charge in [0.2, 0.25) is 0 Å². The minimum Gasteiger partial charge on any atom is -0.469 e. The predicted molar refractivity (Wildman–Crippen MR) is 75.0 cm³/mol. The number of carbonyl (C=O) groups is 3. The number of methoxy groups -OCH3 is 3. The molecule has 22 heavy (non-hydrogen) atoms. The van der Waals surface area contributed by atoms with Gasteiger partial charge in [-0.1, -0.05) is 18.2 Å². The highest BCUT2D eigenvalue weighted by Gasteiger charge is 2.43. The molecular weight excluding hydrogens is 294 g/mol. The van der Waals surface area contributed by atoms with Crippen molar-refractivity contribution in [1.82, 2.24) is 0 Å². The fraction of sp³-hybridized carbons (Fsp3) is 0.357. The summed E-state index contributed by atoms with van der Waals surface area (Å²) in [5.74, 6) is -1.88. The molecule has 8 heteroatoms. The molecule has 0 fully saturated rings. The van der Waals surface area contributed by atoms with Crippen molar-refractivity contribution in [2.45, 2.75) is 12.0 Å². The largest absolute Gasteiger partial charge is 0.469 e. The zero-order valence-corrected chi connectivity index (χ0v) is 12.4. The average Bonchev–Trinajstić information content (AvgIpc) is 2.53. The van der Waals surface area contributed by atoms with Crippen molar-refractivity contribution in [2.24, 2.45) is 0 Å². The number of rotatable bonds is 5. The second kappa shape index (κ2) is 7.41. The molecule has 0 aliphatic carbocycles. The van der Waals surface area contributed by atoms with E-state index in [1.54, 1.807) is 6.07 Å². The zero-order chi connectivity index (χ0) is 16.8. The number of esters is 2. The molecule has 1 rings (SSSR count). The van der Waals surface area contributed by atoms with Gasteiger partial charge >= 0.3 is 18.0 Å². The van der Waals surface area contributed by atoms with Crippen LogP contribution < -0.4 is 5.32 Å². The Balaban J connectivity index is 3.33. The minimum absolute atomic E-state index is 0.0161. The molecule has 1 atom stereocenters. The highest BCUT2D eigenvalue weighted by Crippen LogP contribution is 2.33. The SMILES string of the molecule is COC(=O)CC(O)(C(=O)OC)c1ccccc1NC(=O)OC. The van der Waals surface area contributed by atoms with Gasteiger partial charge in [-0.05, 0) is 6.07 Å². The third-order valence-electron chi connectivity index (χ3n) is 2.95. The first-order valence-electron chi connectivity index (χ1n) is 6.21. The van der Waals surface area contributed by atoms with Gasteiger partial charge in [-0.3, -0.25) is 10.1 Å². The van der Waals surface area contributed by atoms with Crippen molar-refractivity contribution >= 4 is 23.7 Å². The topological polar surface area (TPSA) is 111 Å². The Morgan fingerprint density at radius 2 is 1.73 bits per heavy atom. The summed E-state index contributed by atoms with van der Waals surface area (Å²) in [6.07, 6.45) is -1.46. The van der Waals surface area contributed by atoms with Crippen LogP contribution in [0, 0.1) is 0 Å². The maximum atomic E-state index is 12.0. The van der Waals surface area contributed by atoms with Crippen LogP contribution in [0.3, 0.4) is 0 Å². The lowest BCUT2D eigenvalue weighted by Gasteiger charge is -2.26. The van der Waals surface area contributed by atoms with Gasteiger partial charge < -0.3 is 19.3 Å². The molecule has 2 N–H and O–H groups in total. The lowest BCUT2D eigenvalue weighted by atomic mass is 9.89. The Kier molecular flexibility index (Phi) is 5.88. The van der Waals surface area contributed by atoms with Crippen molar-refractivity contribution in [2.75, 3.05) is 26.6 Å². The Morgan fingerprint density at radius 3 is 2.27 bits per heavy atom. The molecular formula is C14H17NO7. The molecule has 1 aromatic carbocycles. The molecule has 1 amide bonds. The number of carbonyl (C=O) groups excluding carboxylic acids is 3. The van der Waals surface area contributed by atoms with Crippen molar-refractivity contribution in [3.05, 3.63) is 29.8 Å². The Hall–Kier alpha value is -2.61. The fourth-order valence-electron chi connectivity index (χ4n) is 1.84. The van der Waals surface area contributed by atoms with Crippen LogP contribution in [0.25, 0.3) is 0 Å². The summed E-state index contributed by atoms with van der Waals surface area (Å²) in [6, 6.07) is 5.93. The number of anilines is 1. The van der Waals surface area contributed by atoms with E-state index in [9.17, 15) is 19.5 Å². The van der Waals surface area contributed by atoms with Crippen LogP contribution in [-0.2, 0) is 29.4 Å². The van der Waals surface area contributed by atoms with Crippen molar-refractivity contribution in [3.63, 3.8) is 0 Å². The van der Waals surface area contributed by atoms with E-state index in [4.69, 9.17) is 0 Å². The lowest BCUT2D eigenvalue weighted by molar-refractivity contribution is -0.170. The highest BCUT2D eigenvalue weighted by molar-refractivity contribution is 5.92. The quantitative estimate of drug-likeness (QED) is 0.610. The van der Waals surface area contributed by atoms with E-state index in [1.807, 2.05) is 0 Å². The number of amides is 1. The number of aliphatic hydroxyl groups is 1. The first-order chi connectivity index (χ1) is 10.4. The third kappa shape index (κ3) is 3.73. The van der Waals surface area contributed by atoms with E-state index in [-0.39, 0.29) is 11.3 Å². The molecule has 1 unspecified atom stereocenters. The van der Waals surface area contributed by atoms with E-state index in [2.05, 4.69) is 19.5 Å². The fourth-order valence-corrected chi connectivity index (χ4v) is 1.84. The molecule has 0 heterocycles. The van der Waals surface area contributed by atoms with Gasteiger partial charge in [0, 0.05) is 5.56 Å². The van der Waals surface area contributed by atoms with Gasteiger partial charge in [0.1, 0.15) is 0 Å². The van der Waals surface area contributed by atoms with Crippen LogP contribution in [0.5, 0.6) is 0 Å². The van der Waals surface area contributed by atoms with Crippen molar-refractivity contribution in [3.8, 4) is 0 Å². The van der Waals surface area contributed by atoms with E-state index in [0.29, 0.717) is 0 Å². The normalized spacial score (nSPS) is 12.7. The Labute approximate surface area is 127 Å². The van der Waals surface area contributed by atoms with E-state index in [1.165, 1.54) is 25.3 Å². The number of benzene rings is 1. The summed E-state index contributed by atoms with van der Waals surface area (Å²) in [7, 11) is 3.36. The zero-order valence-electron chi connectivity index (χ0n) is 12.4. The van der Waals surface area contributed by atoms with Gasteiger partial charge in [-0.25, -0.2) is 9.59 Å². The smallest absolute Gasteiger partial charge is 0.411 e. The van der Waals surface area contributed by atoms with Crippen LogP contribution in [0.15, 0.2) is 24.3 Å². The molecule has 0 bridgehead atoms. The van der Waals surface area contributed by atoms with E-state index < -0.39 is 30.1 Å². The van der Waals surface area contributed by atoms with Crippen molar-refractivity contribution < 1.29 is 33.7 Å². The molecule has 8 nitrogen and oxygen atoms in total. The summed E-state index contributed by atoms with van der Waals surface area (Å²) in [5, 5.41) is 13.0. The Morgan fingerprint density at radius 1 is 1.09 bits per heavy atom. The van der Waals surface area contributed by atoms with Crippen LogP contribution in [0.2, 0.25) is 0 Å². The summed E-state index contributed by atoms with van der Waals surface area (Å²) in [4.78, 5) is 34.8. The first-order valence-corrected chi connectivity index (χ1v) is 6.21. The second-order valence-electron chi connectivity index (χ2n) is 4.27. The van der Waals surface area contributed by atoms with Crippen LogP contribution in [0.1, 0.15) is 12.0 Å². The standard InChI is InChI=1S/C14H17NO7/c1-20-11(16)8-14(19,12(17)21-2)9-6-4-5-7-10(9)15-13(18)22-3/h4-7,19H,8H2,1-3H3,(H,15,18). The summed E-state index contributed by atoms with van der Waals surface area (Å²) >= 11 is 0. The molecule has 0 saturated carbocycles. The third-order valence-corrected chi connectivity index (χ3v) is 2.95. The van der Waals surface area contributed by atoms with E-state index in [0.717, 1.165) is 14.2 Å². The second-order valence-corrected chi connectivity index (χ2v) is 4.27. The molecule has 0 aliphatic heterocycles. The van der Waals surface area contributed by atoms with Gasteiger partial charge in [0.15, 0.2) is 5.60 Å². The molecule has 0 saturated heterocycles. The Bertz CT molecular complexity index is 572.